The normalized spacial score (nSPS) is 25.9. The number of amides is 1. The summed E-state index contributed by atoms with van der Waals surface area (Å²) in [7, 11) is -3.27. The van der Waals surface area contributed by atoms with Crippen LogP contribution in [0.2, 0.25) is 0 Å². The van der Waals surface area contributed by atoms with Crippen molar-refractivity contribution in [3.8, 4) is 0 Å². The van der Waals surface area contributed by atoms with Crippen molar-refractivity contribution < 1.29 is 13.2 Å². The van der Waals surface area contributed by atoms with Crippen molar-refractivity contribution >= 4 is 15.9 Å². The summed E-state index contributed by atoms with van der Waals surface area (Å²) in [5.41, 5.74) is 0. The van der Waals surface area contributed by atoms with Crippen molar-refractivity contribution in [3.63, 3.8) is 0 Å². The van der Waals surface area contributed by atoms with Gasteiger partial charge in [0.1, 0.15) is 0 Å². The first-order chi connectivity index (χ1) is 13.4. The highest BCUT2D eigenvalue weighted by atomic mass is 32.2. The average Bonchev–Trinajstić information content (AvgIpc) is 2.69. The highest BCUT2D eigenvalue weighted by Crippen LogP contribution is 2.28. The van der Waals surface area contributed by atoms with E-state index in [2.05, 4.69) is 4.90 Å². The van der Waals surface area contributed by atoms with E-state index in [1.165, 1.54) is 57.6 Å². The Kier molecular flexibility index (Phi) is 8.18. The van der Waals surface area contributed by atoms with E-state index >= 15 is 0 Å². The number of rotatable bonds is 7. The van der Waals surface area contributed by atoms with Crippen LogP contribution in [0.3, 0.4) is 0 Å². The zero-order valence-corrected chi connectivity index (χ0v) is 18.5. The predicted molar refractivity (Wildman–Crippen MR) is 113 cm³/mol. The number of carbonyl (C=O) groups is 1. The highest BCUT2D eigenvalue weighted by Gasteiger charge is 2.33. The molecule has 7 heteroatoms. The minimum absolute atomic E-state index is 0.0659. The van der Waals surface area contributed by atoms with E-state index in [4.69, 9.17) is 0 Å². The molecule has 3 aliphatic rings. The molecule has 1 saturated carbocycles. The zero-order chi connectivity index (χ0) is 20.0. The Bertz CT molecular complexity index is 598. The lowest BCUT2D eigenvalue weighted by atomic mass is 9.86. The largest absolute Gasteiger partial charge is 0.341 e. The molecule has 0 radical (unpaired) electrons. The van der Waals surface area contributed by atoms with Gasteiger partial charge in [0.25, 0.3) is 0 Å². The molecule has 0 aromatic heterocycles. The van der Waals surface area contributed by atoms with Gasteiger partial charge in [-0.05, 0) is 57.5 Å². The smallest absolute Gasteiger partial charge is 0.222 e. The molecule has 0 N–H and O–H groups in total. The Morgan fingerprint density at radius 3 is 2.29 bits per heavy atom. The van der Waals surface area contributed by atoms with Gasteiger partial charge in [0.05, 0.1) is 6.26 Å². The van der Waals surface area contributed by atoms with E-state index in [0.29, 0.717) is 25.4 Å². The molecule has 1 unspecified atom stereocenters. The van der Waals surface area contributed by atoms with Crippen LogP contribution in [-0.4, -0.2) is 80.0 Å². The summed E-state index contributed by atoms with van der Waals surface area (Å²) in [4.78, 5) is 17.2. The van der Waals surface area contributed by atoms with Gasteiger partial charge in [0, 0.05) is 38.6 Å². The van der Waals surface area contributed by atoms with Crippen molar-refractivity contribution in [2.24, 2.45) is 5.92 Å². The summed E-state index contributed by atoms with van der Waals surface area (Å²) in [6, 6.07) is -0.0659. The van der Waals surface area contributed by atoms with Crippen LogP contribution in [0.15, 0.2) is 0 Å². The van der Waals surface area contributed by atoms with Crippen LogP contribution in [0.4, 0.5) is 0 Å². The SMILES string of the molecule is CS(=O)(=O)N(CCN1CCCCC1)C1CCCN(C(=O)CC2CCCCC2)C1. The molecular weight excluding hydrogens is 374 g/mol. The molecular formula is C21H39N3O3S. The first kappa shape index (κ1) is 22.0. The number of piperidine rings is 2. The van der Waals surface area contributed by atoms with Gasteiger partial charge in [-0.1, -0.05) is 25.7 Å². The molecule has 162 valence electrons. The van der Waals surface area contributed by atoms with Crippen LogP contribution in [0, 0.1) is 5.92 Å². The van der Waals surface area contributed by atoms with Gasteiger partial charge in [-0.25, -0.2) is 8.42 Å². The van der Waals surface area contributed by atoms with Gasteiger partial charge in [0.2, 0.25) is 15.9 Å². The number of hydrogen-bond donors (Lipinski definition) is 0. The standard InChI is InChI=1S/C21H39N3O3S/c1-28(26,27)24(16-15-22-12-6-3-7-13-22)20-11-8-14-23(18-20)21(25)17-19-9-4-2-5-10-19/h19-20H,2-18H2,1H3. The summed E-state index contributed by atoms with van der Waals surface area (Å²) in [5.74, 6) is 0.771. The molecule has 0 bridgehead atoms. The Labute approximate surface area is 171 Å². The first-order valence-electron chi connectivity index (χ1n) is 11.4. The van der Waals surface area contributed by atoms with Crippen LogP contribution >= 0.6 is 0 Å². The lowest BCUT2D eigenvalue weighted by Gasteiger charge is -2.39. The molecule has 1 atom stereocenters. The number of likely N-dealkylation sites (tertiary alicyclic amines) is 2. The third-order valence-corrected chi connectivity index (χ3v) is 8.19. The van der Waals surface area contributed by atoms with Crippen LogP contribution in [-0.2, 0) is 14.8 Å². The summed E-state index contributed by atoms with van der Waals surface area (Å²) >= 11 is 0. The monoisotopic (exact) mass is 413 g/mol. The summed E-state index contributed by atoms with van der Waals surface area (Å²) < 4.78 is 26.7. The van der Waals surface area contributed by atoms with Gasteiger partial charge in [-0.2, -0.15) is 4.31 Å². The molecule has 1 amide bonds. The topological polar surface area (TPSA) is 60.9 Å². The number of nitrogens with zero attached hydrogens (tertiary/aromatic N) is 3. The Hall–Kier alpha value is -0.660. The lowest BCUT2D eigenvalue weighted by molar-refractivity contribution is -0.134. The highest BCUT2D eigenvalue weighted by molar-refractivity contribution is 7.88. The zero-order valence-electron chi connectivity index (χ0n) is 17.7. The van der Waals surface area contributed by atoms with Crippen LogP contribution < -0.4 is 0 Å². The molecule has 0 aromatic carbocycles. The summed E-state index contributed by atoms with van der Waals surface area (Å²) in [5, 5.41) is 0. The van der Waals surface area contributed by atoms with Crippen molar-refractivity contribution in [2.75, 3.05) is 45.5 Å². The van der Waals surface area contributed by atoms with Gasteiger partial charge in [-0.3, -0.25) is 4.79 Å². The minimum atomic E-state index is -3.27. The maximum Gasteiger partial charge on any atom is 0.222 e. The number of carbonyl (C=O) groups excluding carboxylic acids is 1. The molecule has 28 heavy (non-hydrogen) atoms. The van der Waals surface area contributed by atoms with Crippen LogP contribution in [0.5, 0.6) is 0 Å². The second kappa shape index (κ2) is 10.4. The fourth-order valence-electron chi connectivity index (χ4n) is 5.23. The van der Waals surface area contributed by atoms with Gasteiger partial charge in [0.15, 0.2) is 0 Å². The predicted octanol–water partition coefficient (Wildman–Crippen LogP) is 2.70. The molecule has 3 rings (SSSR count). The Balaban J connectivity index is 1.56. The van der Waals surface area contributed by atoms with Gasteiger partial charge >= 0.3 is 0 Å². The second-order valence-electron chi connectivity index (χ2n) is 9.12. The van der Waals surface area contributed by atoms with Crippen molar-refractivity contribution in [3.05, 3.63) is 0 Å². The van der Waals surface area contributed by atoms with Gasteiger partial charge < -0.3 is 9.80 Å². The van der Waals surface area contributed by atoms with Crippen molar-refractivity contribution in [1.82, 2.24) is 14.1 Å². The molecule has 2 heterocycles. The quantitative estimate of drug-likeness (QED) is 0.644. The van der Waals surface area contributed by atoms with Crippen molar-refractivity contribution in [1.29, 1.82) is 0 Å². The van der Waals surface area contributed by atoms with E-state index in [1.54, 1.807) is 4.31 Å². The number of sulfonamides is 1. The summed E-state index contributed by atoms with van der Waals surface area (Å²) in [6.07, 6.45) is 13.6. The second-order valence-corrected chi connectivity index (χ2v) is 11.1. The Morgan fingerprint density at radius 2 is 1.61 bits per heavy atom. The van der Waals surface area contributed by atoms with E-state index in [-0.39, 0.29) is 11.9 Å². The van der Waals surface area contributed by atoms with E-state index in [0.717, 1.165) is 39.0 Å². The van der Waals surface area contributed by atoms with Crippen LogP contribution in [0.1, 0.15) is 70.6 Å². The van der Waals surface area contributed by atoms with E-state index < -0.39 is 10.0 Å². The fraction of sp³-hybridized carbons (Fsp3) is 0.952. The van der Waals surface area contributed by atoms with Crippen LogP contribution in [0.25, 0.3) is 0 Å². The molecule has 1 aliphatic carbocycles. The average molecular weight is 414 g/mol. The third kappa shape index (κ3) is 6.42. The maximum atomic E-state index is 12.8. The van der Waals surface area contributed by atoms with E-state index in [1.807, 2.05) is 4.90 Å². The summed E-state index contributed by atoms with van der Waals surface area (Å²) in [6.45, 7) is 4.86. The number of hydrogen-bond acceptors (Lipinski definition) is 4. The fourth-order valence-corrected chi connectivity index (χ4v) is 6.35. The molecule has 0 aromatic rings. The first-order valence-corrected chi connectivity index (χ1v) is 13.3. The lowest BCUT2D eigenvalue weighted by Crippen LogP contribution is -2.53. The molecule has 6 nitrogen and oxygen atoms in total. The third-order valence-electron chi connectivity index (χ3n) is 6.86. The van der Waals surface area contributed by atoms with E-state index in [9.17, 15) is 13.2 Å². The molecule has 0 spiro atoms. The van der Waals surface area contributed by atoms with Crippen molar-refractivity contribution in [2.45, 2.75) is 76.7 Å². The maximum absolute atomic E-state index is 12.8. The van der Waals surface area contributed by atoms with Gasteiger partial charge in [-0.15, -0.1) is 0 Å². The molecule has 3 fully saturated rings. The minimum Gasteiger partial charge on any atom is -0.341 e. The molecule has 2 aliphatic heterocycles. The Morgan fingerprint density at radius 1 is 0.929 bits per heavy atom. The molecule has 2 saturated heterocycles.